The Labute approximate surface area is 71.9 Å². The monoisotopic (exact) mass is 179 g/mol. The highest BCUT2D eigenvalue weighted by Gasteiger charge is 1.88. The van der Waals surface area contributed by atoms with Gasteiger partial charge in [0.15, 0.2) is 0 Å². The van der Waals surface area contributed by atoms with Crippen LogP contribution in [0.1, 0.15) is 0 Å². The molecular formula is C7H11Cl2N. The van der Waals surface area contributed by atoms with Crippen LogP contribution in [0.2, 0.25) is 0 Å². The fraction of sp³-hybridized carbons (Fsp3) is 0.429. The summed E-state index contributed by atoms with van der Waals surface area (Å²) in [6.07, 6.45) is 3.76. The third-order valence-electron chi connectivity index (χ3n) is 1.01. The number of halogens is 2. The maximum atomic E-state index is 5.33. The fourth-order valence-electron chi connectivity index (χ4n) is 0.514. The van der Waals surface area contributed by atoms with Crippen LogP contribution in [0.3, 0.4) is 0 Å². The minimum absolute atomic E-state index is 0.852. The summed E-state index contributed by atoms with van der Waals surface area (Å²) in [6, 6.07) is 0. The molecule has 0 aliphatic carbocycles. The van der Waals surface area contributed by atoms with Crippen molar-refractivity contribution in [2.75, 3.05) is 20.1 Å². The van der Waals surface area contributed by atoms with Gasteiger partial charge in [-0.2, -0.15) is 0 Å². The molecule has 0 aliphatic heterocycles. The summed E-state index contributed by atoms with van der Waals surface area (Å²) < 4.78 is 0. The molecule has 1 nitrogen and oxygen atoms in total. The van der Waals surface area contributed by atoms with Crippen LogP contribution in [0.4, 0.5) is 0 Å². The lowest BCUT2D eigenvalue weighted by atomic mass is 10.5. The molecule has 0 aromatic rings. The summed E-state index contributed by atoms with van der Waals surface area (Å²) in [6.45, 7) is 1.70. The van der Waals surface area contributed by atoms with E-state index in [1.54, 1.807) is 0 Å². The minimum atomic E-state index is 0.852. The van der Waals surface area contributed by atoms with Gasteiger partial charge in [-0.1, -0.05) is 35.4 Å². The lowest BCUT2D eigenvalue weighted by molar-refractivity contribution is 0.413. The van der Waals surface area contributed by atoms with Crippen molar-refractivity contribution in [2.45, 2.75) is 0 Å². The summed E-state index contributed by atoms with van der Waals surface area (Å²) in [5.41, 5.74) is 3.03. The third-order valence-corrected chi connectivity index (χ3v) is 1.37. The van der Waals surface area contributed by atoms with Crippen LogP contribution in [0.25, 0.3) is 0 Å². The largest absolute Gasteiger partial charge is 0.299 e. The Balaban J connectivity index is 3.33. The first-order chi connectivity index (χ1) is 4.81. The van der Waals surface area contributed by atoms with E-state index in [1.165, 1.54) is 11.1 Å². The van der Waals surface area contributed by atoms with Crippen LogP contribution in [-0.4, -0.2) is 25.0 Å². The first kappa shape index (κ1) is 10.0. The van der Waals surface area contributed by atoms with Gasteiger partial charge in [0.05, 0.1) is 0 Å². The minimum Gasteiger partial charge on any atom is -0.299 e. The zero-order valence-electron chi connectivity index (χ0n) is 5.93. The maximum Gasteiger partial charge on any atom is 0.0175 e. The Morgan fingerprint density at radius 2 is 1.50 bits per heavy atom. The smallest absolute Gasteiger partial charge is 0.0175 e. The van der Waals surface area contributed by atoms with Gasteiger partial charge >= 0.3 is 0 Å². The molecule has 0 heterocycles. The van der Waals surface area contributed by atoms with E-state index in [0.29, 0.717) is 0 Å². The molecule has 0 saturated carbocycles. The molecule has 0 spiro atoms. The molecule has 0 bridgehead atoms. The van der Waals surface area contributed by atoms with E-state index in [4.69, 9.17) is 23.2 Å². The zero-order valence-corrected chi connectivity index (χ0v) is 7.44. The predicted octanol–water partition coefficient (Wildman–Crippen LogP) is 2.42. The highest BCUT2D eigenvalue weighted by molar-refractivity contribution is 6.25. The molecule has 0 aromatic heterocycles. The quantitative estimate of drug-likeness (QED) is 0.642. The Morgan fingerprint density at radius 3 is 1.80 bits per heavy atom. The summed E-state index contributed by atoms with van der Waals surface area (Å²) >= 11 is 10.7. The van der Waals surface area contributed by atoms with Crippen molar-refractivity contribution < 1.29 is 0 Å². The molecule has 10 heavy (non-hydrogen) atoms. The standard InChI is InChI=1S/C7H11Cl2N/c1-10(6-2-4-8)7-3-5-9/h2-5H,6-7H2,1H3. The average molecular weight is 180 g/mol. The summed E-state index contributed by atoms with van der Waals surface area (Å²) in [7, 11) is 1.99. The van der Waals surface area contributed by atoms with Crippen molar-refractivity contribution >= 4 is 23.2 Å². The number of rotatable bonds is 4. The molecule has 0 rings (SSSR count). The van der Waals surface area contributed by atoms with E-state index in [1.807, 2.05) is 19.2 Å². The molecule has 0 N–H and O–H groups in total. The second-order valence-corrected chi connectivity index (χ2v) is 2.45. The summed E-state index contributed by atoms with van der Waals surface area (Å²) in [5.74, 6) is 0. The van der Waals surface area contributed by atoms with Crippen molar-refractivity contribution in [2.24, 2.45) is 0 Å². The van der Waals surface area contributed by atoms with Crippen LogP contribution in [0.15, 0.2) is 23.2 Å². The number of likely N-dealkylation sites (N-methyl/N-ethyl adjacent to an activating group) is 1. The lowest BCUT2D eigenvalue weighted by Gasteiger charge is -2.09. The van der Waals surface area contributed by atoms with E-state index in [-0.39, 0.29) is 0 Å². The van der Waals surface area contributed by atoms with Gasteiger partial charge in [0, 0.05) is 24.2 Å². The van der Waals surface area contributed by atoms with Gasteiger partial charge in [-0.15, -0.1) is 0 Å². The van der Waals surface area contributed by atoms with Crippen LogP contribution >= 0.6 is 23.2 Å². The predicted molar refractivity (Wildman–Crippen MR) is 47.5 cm³/mol. The Hall–Kier alpha value is 0.0200. The number of hydrogen-bond acceptors (Lipinski definition) is 1. The van der Waals surface area contributed by atoms with Crippen LogP contribution in [0.5, 0.6) is 0 Å². The van der Waals surface area contributed by atoms with Gasteiger partial charge in [-0.25, -0.2) is 0 Å². The normalized spacial score (nSPS) is 12.4. The van der Waals surface area contributed by atoms with E-state index in [2.05, 4.69) is 4.90 Å². The lowest BCUT2D eigenvalue weighted by Crippen LogP contribution is -2.17. The number of hydrogen-bond donors (Lipinski definition) is 0. The first-order valence-corrected chi connectivity index (χ1v) is 3.87. The molecule has 0 fully saturated rings. The van der Waals surface area contributed by atoms with Gasteiger partial charge in [0.2, 0.25) is 0 Å². The van der Waals surface area contributed by atoms with Crippen LogP contribution in [0, 0.1) is 0 Å². The third kappa shape index (κ3) is 6.14. The highest BCUT2D eigenvalue weighted by atomic mass is 35.5. The van der Waals surface area contributed by atoms with Crippen molar-refractivity contribution in [1.82, 2.24) is 4.90 Å². The molecular weight excluding hydrogens is 169 g/mol. The fourth-order valence-corrected chi connectivity index (χ4v) is 0.673. The molecule has 0 atom stereocenters. The van der Waals surface area contributed by atoms with Crippen molar-refractivity contribution in [1.29, 1.82) is 0 Å². The van der Waals surface area contributed by atoms with Gasteiger partial charge in [-0.3, -0.25) is 4.90 Å². The van der Waals surface area contributed by atoms with Gasteiger partial charge in [0.1, 0.15) is 0 Å². The zero-order chi connectivity index (χ0) is 7.82. The van der Waals surface area contributed by atoms with Crippen LogP contribution < -0.4 is 0 Å². The van der Waals surface area contributed by atoms with E-state index in [9.17, 15) is 0 Å². The Bertz CT molecular complexity index is 107. The maximum absolute atomic E-state index is 5.33. The molecule has 0 amide bonds. The van der Waals surface area contributed by atoms with Crippen molar-refractivity contribution in [3.05, 3.63) is 23.2 Å². The average Bonchev–Trinajstić information content (AvgIpc) is 1.97. The highest BCUT2D eigenvalue weighted by Crippen LogP contribution is 1.87. The summed E-state index contributed by atoms with van der Waals surface area (Å²) in [5, 5.41) is 0. The van der Waals surface area contributed by atoms with E-state index >= 15 is 0 Å². The molecule has 0 unspecified atom stereocenters. The molecule has 58 valence electrons. The molecule has 3 heteroatoms. The second-order valence-electron chi connectivity index (χ2n) is 1.94. The van der Waals surface area contributed by atoms with Crippen molar-refractivity contribution in [3.63, 3.8) is 0 Å². The van der Waals surface area contributed by atoms with E-state index in [0.717, 1.165) is 13.1 Å². The first-order valence-electron chi connectivity index (χ1n) is 3.00. The van der Waals surface area contributed by atoms with Gasteiger partial charge in [0.25, 0.3) is 0 Å². The topological polar surface area (TPSA) is 3.24 Å². The van der Waals surface area contributed by atoms with Gasteiger partial charge in [-0.05, 0) is 7.05 Å². The Kier molecular flexibility index (Phi) is 7.15. The van der Waals surface area contributed by atoms with Gasteiger partial charge < -0.3 is 0 Å². The SMILES string of the molecule is CN(CC=CCl)CC=CCl. The molecule has 0 radical (unpaired) electrons. The molecule has 0 aromatic carbocycles. The van der Waals surface area contributed by atoms with Crippen LogP contribution in [-0.2, 0) is 0 Å². The molecule has 0 aliphatic rings. The second kappa shape index (κ2) is 7.13. The van der Waals surface area contributed by atoms with E-state index < -0.39 is 0 Å². The molecule has 0 saturated heterocycles. The van der Waals surface area contributed by atoms with Crippen molar-refractivity contribution in [3.8, 4) is 0 Å². The summed E-state index contributed by atoms with van der Waals surface area (Å²) in [4.78, 5) is 2.08. The number of nitrogens with zero attached hydrogens (tertiary/aromatic N) is 1. The Morgan fingerprint density at radius 1 is 1.10 bits per heavy atom.